The normalized spacial score (nSPS) is 28.1. The van der Waals surface area contributed by atoms with Gasteiger partial charge in [-0.1, -0.05) is 45.9 Å². The molecule has 0 amide bonds. The molecule has 0 spiro atoms. The molecule has 2 rings (SSSR count). The van der Waals surface area contributed by atoms with Gasteiger partial charge in [0, 0.05) is 0 Å². The first-order valence-electron chi connectivity index (χ1n) is 7.63. The number of para-hydroxylation sites is 1. The van der Waals surface area contributed by atoms with Crippen molar-refractivity contribution in [3.63, 3.8) is 0 Å². The Morgan fingerprint density at radius 2 is 1.68 bits per heavy atom. The SMILES string of the molecule is CC(C)[C@H]1O[C@@H](C(C)C)[C@H](F)[C@@H]1OC(=O)Oc1ccccc1. The highest BCUT2D eigenvalue weighted by atomic mass is 19.1. The van der Waals surface area contributed by atoms with Crippen LogP contribution < -0.4 is 4.74 Å². The molecule has 1 aliphatic rings. The lowest BCUT2D eigenvalue weighted by Crippen LogP contribution is -2.38. The maximum absolute atomic E-state index is 14.6. The third-order valence-corrected chi connectivity index (χ3v) is 3.76. The van der Waals surface area contributed by atoms with Crippen LogP contribution in [0, 0.1) is 11.8 Å². The summed E-state index contributed by atoms with van der Waals surface area (Å²) in [7, 11) is 0. The lowest BCUT2D eigenvalue weighted by Gasteiger charge is -2.22. The van der Waals surface area contributed by atoms with Crippen molar-refractivity contribution in [3.05, 3.63) is 30.3 Å². The van der Waals surface area contributed by atoms with E-state index in [2.05, 4.69) is 0 Å². The molecule has 1 aromatic carbocycles. The van der Waals surface area contributed by atoms with Crippen molar-refractivity contribution in [1.29, 1.82) is 0 Å². The van der Waals surface area contributed by atoms with Gasteiger partial charge in [-0.3, -0.25) is 0 Å². The van der Waals surface area contributed by atoms with Crippen molar-refractivity contribution in [2.75, 3.05) is 0 Å². The van der Waals surface area contributed by atoms with Crippen molar-refractivity contribution in [3.8, 4) is 5.75 Å². The van der Waals surface area contributed by atoms with E-state index in [-0.39, 0.29) is 11.8 Å². The lowest BCUT2D eigenvalue weighted by atomic mass is 9.97. The van der Waals surface area contributed by atoms with Crippen molar-refractivity contribution in [2.45, 2.75) is 52.2 Å². The highest BCUT2D eigenvalue weighted by molar-refractivity contribution is 5.64. The molecular weight excluding hydrogens is 287 g/mol. The Morgan fingerprint density at radius 3 is 2.23 bits per heavy atom. The van der Waals surface area contributed by atoms with E-state index in [1.54, 1.807) is 24.3 Å². The number of rotatable bonds is 4. The van der Waals surface area contributed by atoms with Gasteiger partial charge in [-0.25, -0.2) is 9.18 Å². The van der Waals surface area contributed by atoms with Crippen molar-refractivity contribution >= 4 is 6.16 Å². The second-order valence-electron chi connectivity index (χ2n) is 6.25. The molecule has 0 N–H and O–H groups in total. The minimum atomic E-state index is -1.35. The number of carbonyl (C=O) groups is 1. The van der Waals surface area contributed by atoms with E-state index < -0.39 is 30.6 Å². The summed E-state index contributed by atoms with van der Waals surface area (Å²) in [5.41, 5.74) is 0. The maximum Gasteiger partial charge on any atom is 0.514 e. The molecule has 1 fully saturated rings. The van der Waals surface area contributed by atoms with Crippen LogP contribution in [0.4, 0.5) is 9.18 Å². The quantitative estimate of drug-likeness (QED) is 0.623. The van der Waals surface area contributed by atoms with Crippen LogP contribution in [0.1, 0.15) is 27.7 Å². The molecule has 5 heteroatoms. The van der Waals surface area contributed by atoms with Gasteiger partial charge in [0.05, 0.1) is 6.10 Å². The molecule has 4 nitrogen and oxygen atoms in total. The van der Waals surface area contributed by atoms with Gasteiger partial charge in [0.15, 0.2) is 12.3 Å². The van der Waals surface area contributed by atoms with Crippen LogP contribution in [-0.4, -0.2) is 30.6 Å². The summed E-state index contributed by atoms with van der Waals surface area (Å²) in [5, 5.41) is 0. The van der Waals surface area contributed by atoms with Crippen molar-refractivity contribution in [1.82, 2.24) is 0 Å². The summed E-state index contributed by atoms with van der Waals surface area (Å²) in [6, 6.07) is 8.56. The van der Waals surface area contributed by atoms with Crippen LogP contribution in [0.25, 0.3) is 0 Å². The summed E-state index contributed by atoms with van der Waals surface area (Å²) in [6.45, 7) is 7.61. The molecule has 1 saturated heterocycles. The largest absolute Gasteiger partial charge is 0.514 e. The Kier molecular flexibility index (Phi) is 5.40. The number of halogens is 1. The van der Waals surface area contributed by atoms with E-state index in [1.165, 1.54) is 0 Å². The molecule has 1 aliphatic heterocycles. The van der Waals surface area contributed by atoms with Crippen LogP contribution in [0.3, 0.4) is 0 Å². The highest BCUT2D eigenvalue weighted by Gasteiger charge is 2.49. The number of alkyl halides is 1. The molecular formula is C17H23FO4. The fraction of sp³-hybridized carbons (Fsp3) is 0.588. The molecule has 4 atom stereocenters. The van der Waals surface area contributed by atoms with Crippen LogP contribution in [0.15, 0.2) is 30.3 Å². The average molecular weight is 310 g/mol. The van der Waals surface area contributed by atoms with Gasteiger partial charge in [0.1, 0.15) is 11.9 Å². The first kappa shape index (κ1) is 16.7. The van der Waals surface area contributed by atoms with E-state index in [1.807, 2.05) is 33.8 Å². The van der Waals surface area contributed by atoms with Crippen LogP contribution >= 0.6 is 0 Å². The van der Waals surface area contributed by atoms with Crippen LogP contribution in [-0.2, 0) is 9.47 Å². The van der Waals surface area contributed by atoms with E-state index >= 15 is 0 Å². The maximum atomic E-state index is 14.6. The van der Waals surface area contributed by atoms with Crippen LogP contribution in [0.2, 0.25) is 0 Å². The molecule has 0 bridgehead atoms. The molecule has 0 unspecified atom stereocenters. The number of ether oxygens (including phenoxy) is 3. The molecule has 1 heterocycles. The average Bonchev–Trinajstić information content (AvgIpc) is 2.77. The first-order chi connectivity index (χ1) is 10.4. The molecule has 0 radical (unpaired) electrons. The highest BCUT2D eigenvalue weighted by Crippen LogP contribution is 2.34. The number of hydrogen-bond acceptors (Lipinski definition) is 4. The summed E-state index contributed by atoms with van der Waals surface area (Å²) in [6.07, 6.45) is -4.23. The summed E-state index contributed by atoms with van der Waals surface area (Å²) >= 11 is 0. The Labute approximate surface area is 130 Å². The zero-order valence-corrected chi connectivity index (χ0v) is 13.4. The van der Waals surface area contributed by atoms with Gasteiger partial charge in [-0.05, 0) is 24.0 Å². The predicted molar refractivity (Wildman–Crippen MR) is 80.6 cm³/mol. The lowest BCUT2D eigenvalue weighted by molar-refractivity contribution is -0.0397. The molecule has 122 valence electrons. The van der Waals surface area contributed by atoms with E-state index in [4.69, 9.17) is 14.2 Å². The monoisotopic (exact) mass is 310 g/mol. The minimum Gasteiger partial charge on any atom is -0.425 e. The third kappa shape index (κ3) is 3.77. The van der Waals surface area contributed by atoms with Gasteiger partial charge in [0.25, 0.3) is 0 Å². The van der Waals surface area contributed by atoms with Gasteiger partial charge < -0.3 is 14.2 Å². The molecule has 0 aromatic heterocycles. The van der Waals surface area contributed by atoms with Gasteiger partial charge in [-0.2, -0.15) is 0 Å². The number of hydrogen-bond donors (Lipinski definition) is 0. The molecule has 1 aromatic rings. The second-order valence-corrected chi connectivity index (χ2v) is 6.25. The molecule has 22 heavy (non-hydrogen) atoms. The summed E-state index contributed by atoms with van der Waals surface area (Å²) in [5.74, 6) is 0.412. The predicted octanol–water partition coefficient (Wildman–Crippen LogP) is 3.99. The van der Waals surface area contributed by atoms with Crippen molar-refractivity contribution < 1.29 is 23.4 Å². The summed E-state index contributed by atoms with van der Waals surface area (Å²) in [4.78, 5) is 11.9. The van der Waals surface area contributed by atoms with E-state index in [0.29, 0.717) is 5.75 Å². The van der Waals surface area contributed by atoms with Crippen LogP contribution in [0.5, 0.6) is 5.75 Å². The zero-order chi connectivity index (χ0) is 16.3. The zero-order valence-electron chi connectivity index (χ0n) is 13.4. The second kappa shape index (κ2) is 7.09. The Hall–Kier alpha value is -1.62. The first-order valence-corrected chi connectivity index (χ1v) is 7.63. The Bertz CT molecular complexity index is 489. The fourth-order valence-electron chi connectivity index (χ4n) is 2.62. The van der Waals surface area contributed by atoms with E-state index in [0.717, 1.165) is 0 Å². The number of carbonyl (C=O) groups excluding carboxylic acids is 1. The minimum absolute atomic E-state index is 0.00925. The Balaban J connectivity index is 2.03. The number of benzene rings is 1. The topological polar surface area (TPSA) is 44.8 Å². The van der Waals surface area contributed by atoms with Gasteiger partial charge in [0.2, 0.25) is 0 Å². The summed E-state index contributed by atoms with van der Waals surface area (Å²) < 4.78 is 30.6. The van der Waals surface area contributed by atoms with Crippen molar-refractivity contribution in [2.24, 2.45) is 11.8 Å². The fourth-order valence-corrected chi connectivity index (χ4v) is 2.62. The van der Waals surface area contributed by atoms with E-state index in [9.17, 15) is 9.18 Å². The standard InChI is InChI=1S/C17H23FO4/c1-10(2)14-13(18)16(15(21-14)11(3)4)22-17(19)20-12-8-6-5-7-9-12/h5-11,13-16H,1-4H3/t13-,14-,15+,16-/m0/s1. The third-order valence-electron chi connectivity index (χ3n) is 3.76. The smallest absolute Gasteiger partial charge is 0.425 e. The van der Waals surface area contributed by atoms with Gasteiger partial charge >= 0.3 is 6.16 Å². The van der Waals surface area contributed by atoms with Gasteiger partial charge in [-0.15, -0.1) is 0 Å². The molecule has 0 saturated carbocycles. The Morgan fingerprint density at radius 1 is 1.09 bits per heavy atom. The molecule has 0 aliphatic carbocycles.